The number of nitrogens with zero attached hydrogens (tertiary/aromatic N) is 2. The summed E-state index contributed by atoms with van der Waals surface area (Å²) in [6.45, 7) is 2.88. The Morgan fingerprint density at radius 3 is 1.92 bits per heavy atom. The average molecular weight is 176 g/mol. The van der Waals surface area contributed by atoms with Crippen molar-refractivity contribution in [3.05, 3.63) is 20.2 Å². The van der Waals surface area contributed by atoms with Crippen LogP contribution in [-0.2, 0) is 0 Å². The second-order valence-electron chi connectivity index (χ2n) is 2.83. The summed E-state index contributed by atoms with van der Waals surface area (Å²) in [6.07, 6.45) is 1.21. The molecule has 0 rings (SSSR count). The monoisotopic (exact) mass is 176 g/mol. The van der Waals surface area contributed by atoms with Crippen LogP contribution in [0.2, 0.25) is 0 Å². The molecule has 0 saturated heterocycles. The molecule has 0 aromatic rings. The molecule has 0 amide bonds. The van der Waals surface area contributed by atoms with E-state index in [4.69, 9.17) is 0 Å². The Kier molecular flexibility index (Phi) is 3.59. The molecule has 0 aliphatic rings. The Hall–Kier alpha value is -1.20. The normalized spacial score (nSPS) is 11.2. The number of hydrogen-bond acceptors (Lipinski definition) is 4. The minimum Gasteiger partial charge on any atom is -0.258 e. The molecule has 0 saturated carbocycles. The van der Waals surface area contributed by atoms with Gasteiger partial charge in [0.1, 0.15) is 0 Å². The highest BCUT2D eigenvalue weighted by atomic mass is 16.7. The fraction of sp³-hybridized carbons (Fsp3) is 1.00. The summed E-state index contributed by atoms with van der Waals surface area (Å²) in [6, 6.07) is 0. The molecule has 12 heavy (non-hydrogen) atoms. The largest absolute Gasteiger partial charge is 0.455 e. The highest BCUT2D eigenvalue weighted by molar-refractivity contribution is 4.59. The van der Waals surface area contributed by atoms with Crippen LogP contribution in [0.1, 0.15) is 33.1 Å². The van der Waals surface area contributed by atoms with Gasteiger partial charge in [0.25, 0.3) is 0 Å². The number of nitro groups is 2. The highest BCUT2D eigenvalue weighted by Gasteiger charge is 2.49. The summed E-state index contributed by atoms with van der Waals surface area (Å²) in [4.78, 5) is 19.0. The molecule has 0 spiro atoms. The van der Waals surface area contributed by atoms with Crippen LogP contribution in [0.15, 0.2) is 0 Å². The SMILES string of the molecule is CCCCC(C)([N+](=O)[O-])[N+](=O)[O-]. The molecule has 0 unspecified atom stereocenters. The zero-order valence-corrected chi connectivity index (χ0v) is 7.15. The highest BCUT2D eigenvalue weighted by Crippen LogP contribution is 2.17. The molecule has 0 aromatic heterocycles. The van der Waals surface area contributed by atoms with Gasteiger partial charge in [0, 0.05) is 0 Å². The molecular weight excluding hydrogens is 164 g/mol. The predicted molar refractivity (Wildman–Crippen MR) is 41.9 cm³/mol. The number of hydrogen-bond donors (Lipinski definition) is 0. The predicted octanol–water partition coefficient (Wildman–Crippen LogP) is 1.45. The first kappa shape index (κ1) is 10.8. The van der Waals surface area contributed by atoms with Gasteiger partial charge in [-0.3, -0.25) is 20.2 Å². The van der Waals surface area contributed by atoms with Gasteiger partial charge in [-0.25, -0.2) is 0 Å². The van der Waals surface area contributed by atoms with Gasteiger partial charge in [-0.15, -0.1) is 0 Å². The summed E-state index contributed by atoms with van der Waals surface area (Å²) < 4.78 is 0. The minimum absolute atomic E-state index is 0.0104. The molecule has 6 heteroatoms. The van der Waals surface area contributed by atoms with Gasteiger partial charge >= 0.3 is 5.66 Å². The van der Waals surface area contributed by atoms with Crippen molar-refractivity contribution in [2.24, 2.45) is 0 Å². The van der Waals surface area contributed by atoms with Crippen LogP contribution < -0.4 is 0 Å². The van der Waals surface area contributed by atoms with E-state index in [1.807, 2.05) is 6.92 Å². The van der Waals surface area contributed by atoms with E-state index in [0.717, 1.165) is 13.3 Å². The zero-order valence-electron chi connectivity index (χ0n) is 7.15. The van der Waals surface area contributed by atoms with Gasteiger partial charge in [-0.05, 0) is 6.42 Å². The van der Waals surface area contributed by atoms with E-state index < -0.39 is 15.5 Å². The maximum atomic E-state index is 10.3. The lowest BCUT2D eigenvalue weighted by molar-refractivity contribution is -0.793. The van der Waals surface area contributed by atoms with E-state index in [0.29, 0.717) is 6.42 Å². The van der Waals surface area contributed by atoms with Crippen molar-refractivity contribution in [1.29, 1.82) is 0 Å². The fourth-order valence-electron chi connectivity index (χ4n) is 0.761. The third-order valence-corrected chi connectivity index (χ3v) is 1.79. The van der Waals surface area contributed by atoms with E-state index in [1.165, 1.54) is 0 Å². The van der Waals surface area contributed by atoms with Crippen molar-refractivity contribution in [3.63, 3.8) is 0 Å². The van der Waals surface area contributed by atoms with Gasteiger partial charge in [-0.1, -0.05) is 13.3 Å². The van der Waals surface area contributed by atoms with Gasteiger partial charge in [-0.2, -0.15) is 0 Å². The molecular formula is C6H12N2O4. The van der Waals surface area contributed by atoms with Crippen molar-refractivity contribution < 1.29 is 9.85 Å². The van der Waals surface area contributed by atoms with Crippen molar-refractivity contribution in [1.82, 2.24) is 0 Å². The van der Waals surface area contributed by atoms with Crippen LogP contribution in [0.4, 0.5) is 0 Å². The fourth-order valence-corrected chi connectivity index (χ4v) is 0.761. The average Bonchev–Trinajstić information content (AvgIpc) is 1.99. The van der Waals surface area contributed by atoms with Crippen molar-refractivity contribution in [2.75, 3.05) is 0 Å². The second kappa shape index (κ2) is 3.99. The minimum atomic E-state index is -2.00. The Morgan fingerprint density at radius 2 is 1.67 bits per heavy atom. The molecule has 0 bridgehead atoms. The van der Waals surface area contributed by atoms with E-state index in [1.54, 1.807) is 0 Å². The molecule has 0 aromatic carbocycles. The lowest BCUT2D eigenvalue weighted by Crippen LogP contribution is -2.42. The summed E-state index contributed by atoms with van der Waals surface area (Å²) >= 11 is 0. The van der Waals surface area contributed by atoms with Crippen molar-refractivity contribution in [2.45, 2.75) is 38.8 Å². The molecule has 0 aliphatic heterocycles. The molecule has 0 atom stereocenters. The molecule has 0 fully saturated rings. The van der Waals surface area contributed by atoms with Crippen LogP contribution in [0, 0.1) is 20.2 Å². The molecule has 70 valence electrons. The quantitative estimate of drug-likeness (QED) is 0.360. The van der Waals surface area contributed by atoms with Crippen molar-refractivity contribution in [3.8, 4) is 0 Å². The number of unbranched alkanes of at least 4 members (excludes halogenated alkanes) is 1. The lowest BCUT2D eigenvalue weighted by atomic mass is 10.1. The molecule has 0 N–H and O–H groups in total. The van der Waals surface area contributed by atoms with Gasteiger partial charge in [0.15, 0.2) is 0 Å². The Bertz CT molecular complexity index is 178. The summed E-state index contributed by atoms with van der Waals surface area (Å²) in [5.74, 6) is 0. The van der Waals surface area contributed by atoms with Crippen LogP contribution in [0.5, 0.6) is 0 Å². The first-order chi connectivity index (χ1) is 5.45. The van der Waals surface area contributed by atoms with E-state index in [9.17, 15) is 20.2 Å². The van der Waals surface area contributed by atoms with Crippen LogP contribution in [0.25, 0.3) is 0 Å². The van der Waals surface area contributed by atoms with E-state index in [2.05, 4.69) is 0 Å². The molecule has 0 aliphatic carbocycles. The Labute approximate surface area is 69.9 Å². The zero-order chi connectivity index (χ0) is 9.78. The third kappa shape index (κ3) is 2.14. The Balaban J connectivity index is 4.40. The van der Waals surface area contributed by atoms with Gasteiger partial charge in [0.2, 0.25) is 0 Å². The van der Waals surface area contributed by atoms with Gasteiger partial charge in [0.05, 0.1) is 23.2 Å². The second-order valence-corrected chi connectivity index (χ2v) is 2.83. The number of rotatable bonds is 5. The topological polar surface area (TPSA) is 86.3 Å². The van der Waals surface area contributed by atoms with E-state index >= 15 is 0 Å². The summed E-state index contributed by atoms with van der Waals surface area (Å²) in [5.41, 5.74) is -2.00. The maximum absolute atomic E-state index is 10.3. The Morgan fingerprint density at radius 1 is 1.25 bits per heavy atom. The smallest absolute Gasteiger partial charge is 0.258 e. The van der Waals surface area contributed by atoms with Crippen LogP contribution in [0.3, 0.4) is 0 Å². The van der Waals surface area contributed by atoms with Gasteiger partial charge < -0.3 is 0 Å². The first-order valence-electron chi connectivity index (χ1n) is 3.74. The summed E-state index contributed by atoms with van der Waals surface area (Å²) in [5, 5.41) is 20.7. The maximum Gasteiger partial charge on any atom is 0.455 e. The molecule has 0 radical (unpaired) electrons. The first-order valence-corrected chi connectivity index (χ1v) is 3.74. The van der Waals surface area contributed by atoms with Crippen LogP contribution in [-0.4, -0.2) is 15.5 Å². The van der Waals surface area contributed by atoms with E-state index in [-0.39, 0.29) is 6.42 Å². The summed E-state index contributed by atoms with van der Waals surface area (Å²) in [7, 11) is 0. The van der Waals surface area contributed by atoms with Crippen LogP contribution >= 0.6 is 0 Å². The molecule has 6 nitrogen and oxygen atoms in total. The third-order valence-electron chi connectivity index (χ3n) is 1.79. The van der Waals surface area contributed by atoms with Crippen molar-refractivity contribution >= 4 is 0 Å². The molecule has 0 heterocycles. The lowest BCUT2D eigenvalue weighted by Gasteiger charge is -2.11. The standard InChI is InChI=1S/C6H12N2O4/c1-3-4-5-6(2,7(9)10)8(11)12/h3-5H2,1-2H3.